The monoisotopic (exact) mass is 263 g/mol. The Balaban J connectivity index is 2.20. The van der Waals surface area contributed by atoms with E-state index in [4.69, 9.17) is 20.9 Å². The molecule has 1 aliphatic carbocycles. The van der Waals surface area contributed by atoms with Crippen LogP contribution in [0.1, 0.15) is 17.9 Å². The Kier molecular flexibility index (Phi) is 3.59. The first-order valence-electron chi connectivity index (χ1n) is 5.92. The Labute approximate surface area is 111 Å². The lowest BCUT2D eigenvalue weighted by Crippen LogP contribution is -2.24. The number of hydrogen-bond donors (Lipinski definition) is 2. The van der Waals surface area contributed by atoms with Crippen LogP contribution in [-0.4, -0.2) is 26.1 Å². The van der Waals surface area contributed by atoms with Gasteiger partial charge in [-0.2, -0.15) is 4.99 Å². The molecule has 1 aliphatic rings. The second-order valence-corrected chi connectivity index (χ2v) is 4.43. The van der Waals surface area contributed by atoms with Crippen LogP contribution in [0.3, 0.4) is 0 Å². The van der Waals surface area contributed by atoms with E-state index in [1.54, 1.807) is 14.2 Å². The van der Waals surface area contributed by atoms with Gasteiger partial charge in [-0.3, -0.25) is 4.79 Å². The molecule has 6 heteroatoms. The molecule has 102 valence electrons. The molecule has 0 bridgehead atoms. The first-order chi connectivity index (χ1) is 9.06. The molecule has 1 saturated carbocycles. The van der Waals surface area contributed by atoms with Gasteiger partial charge < -0.3 is 20.9 Å². The molecule has 2 atom stereocenters. The summed E-state index contributed by atoms with van der Waals surface area (Å²) in [4.78, 5) is 15.3. The molecule has 19 heavy (non-hydrogen) atoms. The van der Waals surface area contributed by atoms with Crippen LogP contribution in [0.2, 0.25) is 0 Å². The van der Waals surface area contributed by atoms with Gasteiger partial charge in [0.15, 0.2) is 5.96 Å². The lowest BCUT2D eigenvalue weighted by molar-refractivity contribution is -0.119. The van der Waals surface area contributed by atoms with Crippen molar-refractivity contribution in [1.29, 1.82) is 0 Å². The first-order valence-corrected chi connectivity index (χ1v) is 5.92. The number of rotatable bonds is 4. The molecule has 0 radical (unpaired) electrons. The Morgan fingerprint density at radius 2 is 2.05 bits per heavy atom. The van der Waals surface area contributed by atoms with Crippen molar-refractivity contribution in [2.24, 2.45) is 22.4 Å². The molecule has 1 aromatic carbocycles. The molecule has 6 nitrogen and oxygen atoms in total. The Morgan fingerprint density at radius 3 is 2.63 bits per heavy atom. The third-order valence-corrected chi connectivity index (χ3v) is 3.18. The summed E-state index contributed by atoms with van der Waals surface area (Å²) in [5.41, 5.74) is 11.4. The van der Waals surface area contributed by atoms with Gasteiger partial charge >= 0.3 is 0 Å². The van der Waals surface area contributed by atoms with E-state index in [9.17, 15) is 4.79 Å². The van der Waals surface area contributed by atoms with Crippen LogP contribution in [0.15, 0.2) is 23.2 Å². The molecule has 0 spiro atoms. The van der Waals surface area contributed by atoms with E-state index in [1.807, 2.05) is 18.2 Å². The van der Waals surface area contributed by atoms with Crippen LogP contribution >= 0.6 is 0 Å². The van der Waals surface area contributed by atoms with Crippen molar-refractivity contribution in [3.63, 3.8) is 0 Å². The maximum Gasteiger partial charge on any atom is 0.252 e. The average Bonchev–Trinajstić information content (AvgIpc) is 3.17. The fourth-order valence-electron chi connectivity index (χ4n) is 2.15. The highest BCUT2D eigenvalue weighted by molar-refractivity contribution is 5.94. The van der Waals surface area contributed by atoms with Crippen molar-refractivity contribution in [2.45, 2.75) is 12.3 Å². The maximum atomic E-state index is 11.7. The number of benzene rings is 1. The second-order valence-electron chi connectivity index (χ2n) is 4.43. The van der Waals surface area contributed by atoms with Gasteiger partial charge in [0, 0.05) is 17.4 Å². The SMILES string of the molecule is COc1ccc(OC)c(C2CC2C(=O)N=C(N)N)c1. The molecular formula is C13H17N3O3. The molecule has 2 unspecified atom stereocenters. The van der Waals surface area contributed by atoms with E-state index in [0.717, 1.165) is 23.5 Å². The Bertz CT molecular complexity index is 524. The minimum atomic E-state index is -0.283. The van der Waals surface area contributed by atoms with Crippen LogP contribution in [0.4, 0.5) is 0 Å². The van der Waals surface area contributed by atoms with Crippen molar-refractivity contribution in [3.05, 3.63) is 23.8 Å². The fraction of sp³-hybridized carbons (Fsp3) is 0.385. The lowest BCUT2D eigenvalue weighted by Gasteiger charge is -2.09. The highest BCUT2D eigenvalue weighted by atomic mass is 16.5. The van der Waals surface area contributed by atoms with Crippen LogP contribution in [0.25, 0.3) is 0 Å². The minimum absolute atomic E-state index is 0.0839. The number of nitrogens with zero attached hydrogens (tertiary/aromatic N) is 1. The largest absolute Gasteiger partial charge is 0.497 e. The summed E-state index contributed by atoms with van der Waals surface area (Å²) in [6, 6.07) is 5.53. The molecule has 0 aliphatic heterocycles. The van der Waals surface area contributed by atoms with E-state index in [-0.39, 0.29) is 23.7 Å². The summed E-state index contributed by atoms with van der Waals surface area (Å²) in [5.74, 6) is 0.897. The van der Waals surface area contributed by atoms with Gasteiger partial charge in [-0.25, -0.2) is 0 Å². The molecule has 1 aromatic rings. The van der Waals surface area contributed by atoms with Crippen molar-refractivity contribution in [2.75, 3.05) is 14.2 Å². The Hall–Kier alpha value is -2.24. The molecule has 1 fully saturated rings. The zero-order valence-corrected chi connectivity index (χ0v) is 10.9. The first kappa shape index (κ1) is 13.2. The fourth-order valence-corrected chi connectivity index (χ4v) is 2.15. The average molecular weight is 263 g/mol. The summed E-state index contributed by atoms with van der Waals surface area (Å²) in [7, 11) is 3.20. The predicted molar refractivity (Wildman–Crippen MR) is 71.2 cm³/mol. The summed E-state index contributed by atoms with van der Waals surface area (Å²) < 4.78 is 10.5. The van der Waals surface area contributed by atoms with Crippen LogP contribution in [-0.2, 0) is 4.79 Å². The zero-order chi connectivity index (χ0) is 14.0. The normalized spacial score (nSPS) is 20.5. The topological polar surface area (TPSA) is 99.9 Å². The third kappa shape index (κ3) is 2.78. The van der Waals surface area contributed by atoms with E-state index in [1.165, 1.54) is 0 Å². The zero-order valence-electron chi connectivity index (χ0n) is 10.9. The number of amides is 1. The summed E-state index contributed by atoms with van der Waals surface area (Å²) in [6.45, 7) is 0. The number of nitrogens with two attached hydrogens (primary N) is 2. The smallest absolute Gasteiger partial charge is 0.252 e. The number of ether oxygens (including phenoxy) is 2. The quantitative estimate of drug-likeness (QED) is 0.612. The molecule has 0 aromatic heterocycles. The van der Waals surface area contributed by atoms with Gasteiger partial charge in [0.05, 0.1) is 14.2 Å². The van der Waals surface area contributed by atoms with Crippen molar-refractivity contribution in [1.82, 2.24) is 0 Å². The summed E-state index contributed by atoms with van der Waals surface area (Å²) in [6.07, 6.45) is 0.721. The van der Waals surface area contributed by atoms with Crippen molar-refractivity contribution in [3.8, 4) is 11.5 Å². The van der Waals surface area contributed by atoms with Gasteiger partial charge in [-0.05, 0) is 24.6 Å². The summed E-state index contributed by atoms with van der Waals surface area (Å²) in [5, 5.41) is 0. The second kappa shape index (κ2) is 5.17. The van der Waals surface area contributed by atoms with E-state index in [0.29, 0.717) is 0 Å². The van der Waals surface area contributed by atoms with Crippen molar-refractivity contribution < 1.29 is 14.3 Å². The molecule has 4 N–H and O–H groups in total. The molecule has 0 heterocycles. The maximum absolute atomic E-state index is 11.7. The number of carbonyl (C=O) groups excluding carboxylic acids is 1. The molecule has 2 rings (SSSR count). The number of methoxy groups -OCH3 is 2. The highest BCUT2D eigenvalue weighted by Gasteiger charge is 2.45. The lowest BCUT2D eigenvalue weighted by atomic mass is 10.1. The van der Waals surface area contributed by atoms with E-state index >= 15 is 0 Å². The molecule has 0 saturated heterocycles. The van der Waals surface area contributed by atoms with Gasteiger partial charge in [-0.15, -0.1) is 0 Å². The number of hydrogen-bond acceptors (Lipinski definition) is 3. The van der Waals surface area contributed by atoms with E-state index in [2.05, 4.69) is 4.99 Å². The number of aliphatic imine (C=N–C) groups is 1. The van der Waals surface area contributed by atoms with Gasteiger partial charge in [0.25, 0.3) is 5.91 Å². The van der Waals surface area contributed by atoms with Gasteiger partial charge in [-0.1, -0.05) is 0 Å². The van der Waals surface area contributed by atoms with Crippen LogP contribution < -0.4 is 20.9 Å². The van der Waals surface area contributed by atoms with Crippen molar-refractivity contribution >= 4 is 11.9 Å². The predicted octanol–water partition coefficient (Wildman–Crippen LogP) is 0.607. The molecular weight excluding hydrogens is 246 g/mol. The summed E-state index contributed by atoms with van der Waals surface area (Å²) >= 11 is 0. The highest BCUT2D eigenvalue weighted by Crippen LogP contribution is 2.51. The minimum Gasteiger partial charge on any atom is -0.497 e. The van der Waals surface area contributed by atoms with Crippen LogP contribution in [0.5, 0.6) is 11.5 Å². The van der Waals surface area contributed by atoms with Gasteiger partial charge in [0.1, 0.15) is 11.5 Å². The third-order valence-electron chi connectivity index (χ3n) is 3.18. The number of carbonyl (C=O) groups is 1. The number of guanidine groups is 1. The van der Waals surface area contributed by atoms with E-state index < -0.39 is 0 Å². The van der Waals surface area contributed by atoms with Gasteiger partial charge in [0.2, 0.25) is 0 Å². The standard InChI is InChI=1S/C13H17N3O3/c1-18-7-3-4-11(19-2)9(5-7)8-6-10(8)12(17)16-13(14)15/h3-5,8,10H,6H2,1-2H3,(H4,14,15,16,17). The Morgan fingerprint density at radius 1 is 1.32 bits per heavy atom. The molecule has 1 amide bonds. The van der Waals surface area contributed by atoms with Crippen LogP contribution in [0, 0.1) is 5.92 Å².